The summed E-state index contributed by atoms with van der Waals surface area (Å²) in [6.07, 6.45) is 9.67. The fraction of sp³-hybridized carbons (Fsp3) is 0.379. The predicted octanol–water partition coefficient (Wildman–Crippen LogP) is 3.70. The van der Waals surface area contributed by atoms with E-state index in [1.807, 2.05) is 32.9 Å². The quantitative estimate of drug-likeness (QED) is 0.235. The number of hydrogen-bond donors (Lipinski definition) is 0. The Balaban J connectivity index is 1.46. The molecule has 6 rings (SSSR count). The molecule has 13 heteroatoms. The molecule has 0 radical (unpaired) electrons. The van der Waals surface area contributed by atoms with Gasteiger partial charge in [-0.2, -0.15) is 13.8 Å². The van der Waals surface area contributed by atoms with Gasteiger partial charge in [-0.3, -0.25) is 14.5 Å². The number of aromatic nitrogens is 7. The number of allylic oxidation sites excluding steroid dienone is 1. The highest BCUT2D eigenvalue weighted by molar-refractivity contribution is 7.89. The first-order valence-electron chi connectivity index (χ1n) is 13.8. The molecule has 0 aliphatic heterocycles. The Hall–Kier alpha value is -4.10. The van der Waals surface area contributed by atoms with E-state index in [2.05, 4.69) is 25.1 Å². The zero-order valence-electron chi connectivity index (χ0n) is 23.8. The highest BCUT2D eigenvalue weighted by atomic mass is 32.2. The molecule has 2 aliphatic rings. The Morgan fingerprint density at radius 3 is 2.64 bits per heavy atom. The monoisotopic (exact) mass is 590 g/mol. The largest absolute Gasteiger partial charge is 0.291 e. The SMILES string of the molecule is Cc1ccnc(C(=O)[C@]23Cc4cnn(-c5ccc(F)nc5)c4C=C2CC[C@H](N(C(C)C)S(=O)(=O)c2ncn(C)n2)C3)c1. The fourth-order valence-corrected chi connectivity index (χ4v) is 8.06. The summed E-state index contributed by atoms with van der Waals surface area (Å²) in [5, 5.41) is 8.38. The van der Waals surface area contributed by atoms with E-state index in [4.69, 9.17) is 0 Å². The van der Waals surface area contributed by atoms with Gasteiger partial charge in [-0.15, -0.1) is 5.10 Å². The summed E-state index contributed by atoms with van der Waals surface area (Å²) >= 11 is 0. The number of nitrogens with zero attached hydrogens (tertiary/aromatic N) is 8. The van der Waals surface area contributed by atoms with Crippen molar-refractivity contribution in [3.05, 3.63) is 83.2 Å². The van der Waals surface area contributed by atoms with E-state index in [1.165, 1.54) is 27.6 Å². The summed E-state index contributed by atoms with van der Waals surface area (Å²) in [5.41, 5.74) is 3.33. The van der Waals surface area contributed by atoms with Gasteiger partial charge in [0.1, 0.15) is 12.0 Å². The van der Waals surface area contributed by atoms with Gasteiger partial charge in [-0.1, -0.05) is 5.57 Å². The van der Waals surface area contributed by atoms with E-state index in [0.717, 1.165) is 22.4 Å². The van der Waals surface area contributed by atoms with Crippen LogP contribution in [0.3, 0.4) is 0 Å². The lowest BCUT2D eigenvalue weighted by atomic mass is 9.60. The fourth-order valence-electron chi connectivity index (χ4n) is 6.33. The Kier molecular flexibility index (Phi) is 6.89. The normalized spacial score (nSPS) is 20.4. The van der Waals surface area contributed by atoms with Crippen molar-refractivity contribution in [3.8, 4) is 5.69 Å². The van der Waals surface area contributed by atoms with Crippen LogP contribution in [0.4, 0.5) is 4.39 Å². The van der Waals surface area contributed by atoms with Crippen molar-refractivity contribution in [1.82, 2.24) is 38.8 Å². The van der Waals surface area contributed by atoms with Crippen molar-refractivity contribution in [1.29, 1.82) is 0 Å². The summed E-state index contributed by atoms with van der Waals surface area (Å²) in [6.45, 7) is 5.55. The molecule has 1 fully saturated rings. The number of aryl methyl sites for hydroxylation is 2. The van der Waals surface area contributed by atoms with Crippen LogP contribution < -0.4 is 0 Å². The average molecular weight is 591 g/mol. The van der Waals surface area contributed by atoms with Crippen LogP contribution in [0.25, 0.3) is 11.8 Å². The summed E-state index contributed by atoms with van der Waals surface area (Å²) < 4.78 is 45.7. The van der Waals surface area contributed by atoms with Crippen LogP contribution >= 0.6 is 0 Å². The minimum Gasteiger partial charge on any atom is -0.291 e. The molecule has 0 N–H and O–H groups in total. The maximum atomic E-state index is 14.5. The maximum absolute atomic E-state index is 14.5. The smallest absolute Gasteiger partial charge is 0.282 e. The Bertz CT molecular complexity index is 1810. The Morgan fingerprint density at radius 1 is 1.17 bits per heavy atom. The molecule has 0 spiro atoms. The van der Waals surface area contributed by atoms with Gasteiger partial charge in [0.05, 0.1) is 29.2 Å². The number of carbonyl (C=O) groups is 1. The van der Waals surface area contributed by atoms with E-state index in [-0.39, 0.29) is 17.4 Å². The van der Waals surface area contributed by atoms with Crippen LogP contribution in [0.15, 0.2) is 59.9 Å². The molecule has 0 unspecified atom stereocenters. The van der Waals surface area contributed by atoms with Crippen LogP contribution in [0, 0.1) is 18.3 Å². The third-order valence-electron chi connectivity index (χ3n) is 8.13. The Labute approximate surface area is 243 Å². The molecular weight excluding hydrogens is 559 g/mol. The summed E-state index contributed by atoms with van der Waals surface area (Å²) in [4.78, 5) is 26.7. The average Bonchev–Trinajstić information content (AvgIpc) is 3.57. The number of hydrogen-bond acceptors (Lipinski definition) is 8. The number of halogens is 1. The molecule has 0 saturated heterocycles. The van der Waals surface area contributed by atoms with Gasteiger partial charge in [0.2, 0.25) is 5.95 Å². The Morgan fingerprint density at radius 2 is 1.98 bits per heavy atom. The van der Waals surface area contributed by atoms with Gasteiger partial charge >= 0.3 is 0 Å². The van der Waals surface area contributed by atoms with Gasteiger partial charge in [-0.05, 0) is 87.9 Å². The van der Waals surface area contributed by atoms with E-state index < -0.39 is 33.5 Å². The van der Waals surface area contributed by atoms with Crippen molar-refractivity contribution in [2.45, 2.75) is 63.7 Å². The molecule has 4 aromatic heterocycles. The number of rotatable bonds is 7. The van der Waals surface area contributed by atoms with E-state index in [1.54, 1.807) is 36.3 Å². The summed E-state index contributed by atoms with van der Waals surface area (Å²) in [6, 6.07) is 5.61. The molecule has 4 heterocycles. The first-order chi connectivity index (χ1) is 20.0. The second-order valence-electron chi connectivity index (χ2n) is 11.3. The van der Waals surface area contributed by atoms with Gasteiger partial charge in [0.15, 0.2) is 5.78 Å². The van der Waals surface area contributed by atoms with Crippen molar-refractivity contribution < 1.29 is 17.6 Å². The highest BCUT2D eigenvalue weighted by Crippen LogP contribution is 2.51. The van der Waals surface area contributed by atoms with Crippen LogP contribution in [0.1, 0.15) is 60.4 Å². The number of fused-ring (bicyclic) bond motifs is 2. The summed E-state index contributed by atoms with van der Waals surface area (Å²) in [5.74, 6) is -0.738. The molecule has 42 heavy (non-hydrogen) atoms. The van der Waals surface area contributed by atoms with Gasteiger partial charge in [0, 0.05) is 25.3 Å². The maximum Gasteiger partial charge on any atom is 0.282 e. The standard InChI is InChI=1S/C29H31FN8O3S/c1-18(2)38(42(40,41)28-33-17-36(4)35-28)22-6-5-21-12-25-20(15-34-37(25)23-7-8-26(30)32-16-23)13-29(21,14-22)27(39)24-11-19(3)9-10-31-24/h7-12,15-18,22H,5-6,13-14H2,1-4H3/t22-,29-/m0/s1. The molecule has 4 aromatic rings. The zero-order chi connectivity index (χ0) is 29.8. The van der Waals surface area contributed by atoms with Crippen molar-refractivity contribution in [2.24, 2.45) is 12.5 Å². The van der Waals surface area contributed by atoms with E-state index in [0.29, 0.717) is 30.6 Å². The van der Waals surface area contributed by atoms with Crippen LogP contribution in [0.2, 0.25) is 0 Å². The van der Waals surface area contributed by atoms with Gasteiger partial charge < -0.3 is 0 Å². The van der Waals surface area contributed by atoms with E-state index >= 15 is 0 Å². The topological polar surface area (TPSA) is 129 Å². The zero-order valence-corrected chi connectivity index (χ0v) is 24.6. The number of ketones is 1. The second kappa shape index (κ2) is 10.3. The lowest BCUT2D eigenvalue weighted by Gasteiger charge is -2.47. The minimum atomic E-state index is -4.05. The molecular formula is C29H31FN8O3S. The molecule has 0 aromatic carbocycles. The number of carbonyl (C=O) groups excluding carboxylic acids is 1. The highest BCUT2D eigenvalue weighted by Gasteiger charge is 2.52. The third-order valence-corrected chi connectivity index (χ3v) is 10.1. The van der Waals surface area contributed by atoms with Crippen molar-refractivity contribution >= 4 is 21.9 Å². The molecule has 2 atom stereocenters. The van der Waals surface area contributed by atoms with E-state index in [9.17, 15) is 17.6 Å². The number of sulfonamides is 1. The van der Waals surface area contributed by atoms with Crippen molar-refractivity contribution in [2.75, 3.05) is 0 Å². The molecule has 2 aliphatic carbocycles. The minimum absolute atomic E-state index is 0.152. The molecule has 0 bridgehead atoms. The number of Topliss-reactive ketones (excluding diaryl/α,β-unsaturated/α-hetero) is 1. The lowest BCUT2D eigenvalue weighted by molar-refractivity contribution is 0.0722. The van der Waals surface area contributed by atoms with Crippen LogP contribution in [-0.4, -0.2) is 65.1 Å². The predicted molar refractivity (Wildman–Crippen MR) is 152 cm³/mol. The first kappa shape index (κ1) is 28.0. The lowest BCUT2D eigenvalue weighted by Crippen LogP contribution is -2.52. The molecule has 218 valence electrons. The number of pyridine rings is 2. The second-order valence-corrected chi connectivity index (χ2v) is 13.0. The van der Waals surface area contributed by atoms with Crippen LogP contribution in [0.5, 0.6) is 0 Å². The third kappa shape index (κ3) is 4.66. The van der Waals surface area contributed by atoms with Gasteiger partial charge in [0.25, 0.3) is 15.2 Å². The molecule has 11 nitrogen and oxygen atoms in total. The van der Waals surface area contributed by atoms with Crippen LogP contribution in [-0.2, 0) is 23.5 Å². The molecule has 1 saturated carbocycles. The van der Waals surface area contributed by atoms with Crippen molar-refractivity contribution in [3.63, 3.8) is 0 Å². The summed E-state index contributed by atoms with van der Waals surface area (Å²) in [7, 11) is -2.43. The molecule has 0 amide bonds. The first-order valence-corrected chi connectivity index (χ1v) is 15.2. The van der Waals surface area contributed by atoms with Gasteiger partial charge in [-0.25, -0.2) is 23.1 Å².